The molecule has 1 fully saturated rings. The average molecular weight is 215 g/mol. The van der Waals surface area contributed by atoms with Crippen LogP contribution in [-0.2, 0) is 9.47 Å². The third-order valence-corrected chi connectivity index (χ3v) is 3.24. The van der Waals surface area contributed by atoms with E-state index in [1.807, 2.05) is 0 Å². The fraction of sp³-hybridized carbons (Fsp3) is 1.00. The number of ether oxygens (including phenoxy) is 2. The lowest BCUT2D eigenvalue weighted by Gasteiger charge is -2.28. The normalized spacial score (nSPS) is 26.8. The summed E-state index contributed by atoms with van der Waals surface area (Å²) in [6.07, 6.45) is 7.28. The van der Waals surface area contributed by atoms with Gasteiger partial charge < -0.3 is 15.2 Å². The van der Waals surface area contributed by atoms with E-state index in [4.69, 9.17) is 15.2 Å². The van der Waals surface area contributed by atoms with Crippen LogP contribution in [0.4, 0.5) is 0 Å². The van der Waals surface area contributed by atoms with E-state index < -0.39 is 0 Å². The summed E-state index contributed by atoms with van der Waals surface area (Å²) in [6.45, 7) is 2.47. The molecule has 0 aliphatic heterocycles. The molecule has 2 atom stereocenters. The zero-order valence-corrected chi connectivity index (χ0v) is 9.91. The van der Waals surface area contributed by atoms with Crippen LogP contribution in [0, 0.1) is 5.92 Å². The summed E-state index contributed by atoms with van der Waals surface area (Å²) in [5, 5.41) is 0. The Morgan fingerprint density at radius 1 is 1.13 bits per heavy atom. The molecule has 0 aromatic heterocycles. The van der Waals surface area contributed by atoms with Gasteiger partial charge in [-0.1, -0.05) is 12.8 Å². The molecule has 2 N–H and O–H groups in total. The highest BCUT2D eigenvalue weighted by Crippen LogP contribution is 2.25. The van der Waals surface area contributed by atoms with Crippen molar-refractivity contribution in [3.63, 3.8) is 0 Å². The standard InChI is InChI=1S/C12H25NO2/c1-14-8-4-9-15-10-7-11-5-2-3-6-12(11)13/h11-12H,2-10,13H2,1H3. The van der Waals surface area contributed by atoms with E-state index in [-0.39, 0.29) is 0 Å². The molecule has 0 amide bonds. The summed E-state index contributed by atoms with van der Waals surface area (Å²) in [5.41, 5.74) is 6.07. The molecule has 1 saturated carbocycles. The molecule has 0 bridgehead atoms. The molecule has 2 unspecified atom stereocenters. The first-order valence-corrected chi connectivity index (χ1v) is 6.17. The average Bonchev–Trinajstić information content (AvgIpc) is 2.25. The summed E-state index contributed by atoms with van der Waals surface area (Å²) in [7, 11) is 1.72. The molecule has 0 aromatic carbocycles. The number of rotatable bonds is 7. The first-order valence-electron chi connectivity index (χ1n) is 6.17. The Bertz CT molecular complexity index is 153. The van der Waals surface area contributed by atoms with Crippen LogP contribution in [0.2, 0.25) is 0 Å². The van der Waals surface area contributed by atoms with Gasteiger partial charge >= 0.3 is 0 Å². The molecule has 15 heavy (non-hydrogen) atoms. The van der Waals surface area contributed by atoms with Crippen molar-refractivity contribution in [2.75, 3.05) is 26.9 Å². The van der Waals surface area contributed by atoms with E-state index in [0.717, 1.165) is 32.7 Å². The zero-order chi connectivity index (χ0) is 10.9. The van der Waals surface area contributed by atoms with Crippen LogP contribution < -0.4 is 5.73 Å². The molecule has 0 aromatic rings. The Morgan fingerprint density at radius 2 is 1.93 bits per heavy atom. The van der Waals surface area contributed by atoms with Gasteiger partial charge in [-0.15, -0.1) is 0 Å². The summed E-state index contributed by atoms with van der Waals surface area (Å²) < 4.78 is 10.5. The smallest absolute Gasteiger partial charge is 0.0487 e. The van der Waals surface area contributed by atoms with Crippen molar-refractivity contribution in [3.05, 3.63) is 0 Å². The second-order valence-corrected chi connectivity index (χ2v) is 4.46. The first kappa shape index (κ1) is 12.9. The van der Waals surface area contributed by atoms with Gasteiger partial charge in [-0.05, 0) is 31.6 Å². The van der Waals surface area contributed by atoms with Gasteiger partial charge in [0.2, 0.25) is 0 Å². The summed E-state index contributed by atoms with van der Waals surface area (Å²) >= 11 is 0. The number of hydrogen-bond donors (Lipinski definition) is 1. The van der Waals surface area contributed by atoms with Crippen LogP contribution in [0.5, 0.6) is 0 Å². The maximum atomic E-state index is 6.07. The monoisotopic (exact) mass is 215 g/mol. The SMILES string of the molecule is COCCCOCCC1CCCCC1N. The van der Waals surface area contributed by atoms with Crippen LogP contribution in [-0.4, -0.2) is 33.0 Å². The van der Waals surface area contributed by atoms with Crippen molar-refractivity contribution < 1.29 is 9.47 Å². The van der Waals surface area contributed by atoms with Gasteiger partial charge in [0.25, 0.3) is 0 Å². The van der Waals surface area contributed by atoms with Gasteiger partial charge in [0.05, 0.1) is 0 Å². The molecule has 0 radical (unpaired) electrons. The van der Waals surface area contributed by atoms with E-state index in [9.17, 15) is 0 Å². The van der Waals surface area contributed by atoms with Crippen molar-refractivity contribution in [2.45, 2.75) is 44.6 Å². The van der Waals surface area contributed by atoms with Crippen molar-refractivity contribution in [1.82, 2.24) is 0 Å². The van der Waals surface area contributed by atoms with Crippen molar-refractivity contribution in [1.29, 1.82) is 0 Å². The lowest BCUT2D eigenvalue weighted by Crippen LogP contribution is -2.33. The highest BCUT2D eigenvalue weighted by molar-refractivity contribution is 4.77. The molecule has 1 aliphatic carbocycles. The van der Waals surface area contributed by atoms with Crippen LogP contribution >= 0.6 is 0 Å². The predicted octanol–water partition coefficient (Wildman–Crippen LogP) is 1.95. The summed E-state index contributed by atoms with van der Waals surface area (Å²) in [4.78, 5) is 0. The number of hydrogen-bond acceptors (Lipinski definition) is 3. The van der Waals surface area contributed by atoms with Crippen LogP contribution in [0.25, 0.3) is 0 Å². The minimum absolute atomic E-state index is 0.418. The molecule has 0 heterocycles. The Balaban J connectivity index is 1.94. The van der Waals surface area contributed by atoms with Crippen molar-refractivity contribution >= 4 is 0 Å². The molecule has 1 aliphatic rings. The third-order valence-electron chi connectivity index (χ3n) is 3.24. The molecule has 3 nitrogen and oxygen atoms in total. The van der Waals surface area contributed by atoms with E-state index in [1.165, 1.54) is 25.7 Å². The fourth-order valence-corrected chi connectivity index (χ4v) is 2.24. The quantitative estimate of drug-likeness (QED) is 0.660. The second-order valence-electron chi connectivity index (χ2n) is 4.46. The Labute approximate surface area is 93.3 Å². The molecule has 0 spiro atoms. The topological polar surface area (TPSA) is 44.5 Å². The molecule has 1 rings (SSSR count). The number of methoxy groups -OCH3 is 1. The fourth-order valence-electron chi connectivity index (χ4n) is 2.24. The van der Waals surface area contributed by atoms with Crippen LogP contribution in [0.1, 0.15) is 38.5 Å². The Kier molecular flexibility index (Phi) is 6.98. The van der Waals surface area contributed by atoms with Gasteiger partial charge in [0.15, 0.2) is 0 Å². The van der Waals surface area contributed by atoms with Crippen LogP contribution in [0.15, 0.2) is 0 Å². The third kappa shape index (κ3) is 5.50. The van der Waals surface area contributed by atoms with Crippen molar-refractivity contribution in [2.24, 2.45) is 11.7 Å². The summed E-state index contributed by atoms with van der Waals surface area (Å²) in [5.74, 6) is 0.696. The lowest BCUT2D eigenvalue weighted by atomic mass is 9.83. The van der Waals surface area contributed by atoms with Gasteiger partial charge in [-0.25, -0.2) is 0 Å². The van der Waals surface area contributed by atoms with Gasteiger partial charge in [0, 0.05) is 33.0 Å². The molecule has 3 heteroatoms. The van der Waals surface area contributed by atoms with E-state index in [1.54, 1.807) is 7.11 Å². The van der Waals surface area contributed by atoms with Gasteiger partial charge in [-0.3, -0.25) is 0 Å². The maximum absolute atomic E-state index is 6.07. The predicted molar refractivity (Wildman–Crippen MR) is 61.9 cm³/mol. The summed E-state index contributed by atoms with van der Waals surface area (Å²) in [6, 6.07) is 0.418. The lowest BCUT2D eigenvalue weighted by molar-refractivity contribution is 0.0874. The molecular formula is C12H25NO2. The van der Waals surface area contributed by atoms with Crippen LogP contribution in [0.3, 0.4) is 0 Å². The Morgan fingerprint density at radius 3 is 2.67 bits per heavy atom. The van der Waals surface area contributed by atoms with Gasteiger partial charge in [0.1, 0.15) is 0 Å². The first-order chi connectivity index (χ1) is 7.34. The molecule has 0 saturated heterocycles. The minimum Gasteiger partial charge on any atom is -0.385 e. The Hall–Kier alpha value is -0.120. The van der Waals surface area contributed by atoms with E-state index in [2.05, 4.69) is 0 Å². The van der Waals surface area contributed by atoms with Gasteiger partial charge in [-0.2, -0.15) is 0 Å². The molecule has 90 valence electrons. The van der Waals surface area contributed by atoms with E-state index in [0.29, 0.717) is 12.0 Å². The maximum Gasteiger partial charge on any atom is 0.0487 e. The molecular weight excluding hydrogens is 190 g/mol. The van der Waals surface area contributed by atoms with Crippen molar-refractivity contribution in [3.8, 4) is 0 Å². The highest BCUT2D eigenvalue weighted by atomic mass is 16.5. The van der Waals surface area contributed by atoms with E-state index >= 15 is 0 Å². The largest absolute Gasteiger partial charge is 0.385 e. The second kappa shape index (κ2) is 8.08. The zero-order valence-electron chi connectivity index (χ0n) is 9.91. The minimum atomic E-state index is 0.418. The number of nitrogens with two attached hydrogens (primary N) is 1. The highest BCUT2D eigenvalue weighted by Gasteiger charge is 2.20.